The summed E-state index contributed by atoms with van der Waals surface area (Å²) >= 11 is 1.72. The van der Waals surface area contributed by atoms with Crippen molar-refractivity contribution < 1.29 is 0 Å². The second-order valence-electron chi connectivity index (χ2n) is 3.26. The highest BCUT2D eigenvalue weighted by atomic mass is 32.1. The summed E-state index contributed by atoms with van der Waals surface area (Å²) in [5, 5.41) is 5.98. The van der Waals surface area contributed by atoms with Crippen molar-refractivity contribution in [2.24, 2.45) is 0 Å². The fourth-order valence-electron chi connectivity index (χ4n) is 1.70. The Balaban J connectivity index is 2.93. The van der Waals surface area contributed by atoms with Crippen molar-refractivity contribution in [2.75, 3.05) is 0 Å². The van der Waals surface area contributed by atoms with E-state index in [1.165, 1.54) is 26.8 Å². The van der Waals surface area contributed by atoms with E-state index in [9.17, 15) is 0 Å². The molecule has 1 radical (unpaired) electrons. The van der Waals surface area contributed by atoms with Crippen LogP contribution in [0.1, 0.15) is 16.0 Å². The highest BCUT2D eigenvalue weighted by molar-refractivity contribution is 7.11. The van der Waals surface area contributed by atoms with E-state index < -0.39 is 0 Å². The number of hydrogen-bond acceptors (Lipinski definition) is 1. The molecule has 0 bridgehead atoms. The molecule has 0 saturated heterocycles. The number of fused-ring (bicyclic) bond motifs is 1. The monoisotopic (exact) mass is 175 g/mol. The molecule has 12 heavy (non-hydrogen) atoms. The molecular weight excluding hydrogens is 164 g/mol. The van der Waals surface area contributed by atoms with Crippen LogP contribution in [-0.2, 0) is 0 Å². The third kappa shape index (κ3) is 1.05. The average Bonchev–Trinajstić information content (AvgIpc) is 2.31. The van der Waals surface area contributed by atoms with Gasteiger partial charge in [0.15, 0.2) is 0 Å². The number of benzene rings is 1. The normalized spacial score (nSPS) is 10.9. The Morgan fingerprint density at radius 2 is 1.92 bits per heavy atom. The number of rotatable bonds is 0. The Kier molecular flexibility index (Phi) is 1.69. The van der Waals surface area contributed by atoms with Gasteiger partial charge in [-0.2, -0.15) is 0 Å². The van der Waals surface area contributed by atoms with E-state index in [-0.39, 0.29) is 0 Å². The second-order valence-corrected chi connectivity index (χ2v) is 4.29. The quantitative estimate of drug-likeness (QED) is 0.573. The lowest BCUT2D eigenvalue weighted by atomic mass is 10.1. The highest BCUT2D eigenvalue weighted by Crippen LogP contribution is 2.28. The van der Waals surface area contributed by atoms with E-state index >= 15 is 0 Å². The van der Waals surface area contributed by atoms with Crippen LogP contribution in [-0.4, -0.2) is 0 Å². The summed E-state index contributed by atoms with van der Waals surface area (Å²) < 4.78 is 0. The van der Waals surface area contributed by atoms with Gasteiger partial charge in [0.1, 0.15) is 0 Å². The predicted molar refractivity (Wildman–Crippen MR) is 54.9 cm³/mol. The summed E-state index contributed by atoms with van der Waals surface area (Å²) in [6.07, 6.45) is 0. The number of hydrogen-bond donors (Lipinski definition) is 0. The smallest absolute Gasteiger partial charge is 0.0530 e. The Hall–Kier alpha value is -0.820. The molecule has 0 atom stereocenters. The van der Waals surface area contributed by atoms with Crippen LogP contribution in [0, 0.1) is 26.2 Å². The van der Waals surface area contributed by atoms with Gasteiger partial charge in [-0.1, -0.05) is 11.6 Å². The molecule has 0 amide bonds. The zero-order valence-electron chi connectivity index (χ0n) is 7.56. The van der Waals surface area contributed by atoms with E-state index in [1.807, 2.05) is 0 Å². The van der Waals surface area contributed by atoms with Crippen molar-refractivity contribution in [3.05, 3.63) is 33.5 Å². The minimum absolute atomic E-state index is 1.27. The maximum atomic E-state index is 3.31. The van der Waals surface area contributed by atoms with Crippen molar-refractivity contribution in [3.8, 4) is 0 Å². The largest absolute Gasteiger partial charge is 0.138 e. The first-order valence-electron chi connectivity index (χ1n) is 4.06. The first kappa shape index (κ1) is 7.81. The molecule has 0 unspecified atom stereocenters. The molecule has 0 fully saturated rings. The third-order valence-electron chi connectivity index (χ3n) is 2.15. The number of thiophene rings is 1. The zero-order chi connectivity index (χ0) is 8.72. The SMILES string of the molecule is Cc1cc(C)c2c(C)s[c]c2c1. The van der Waals surface area contributed by atoms with E-state index in [0.29, 0.717) is 0 Å². The van der Waals surface area contributed by atoms with Crippen LogP contribution < -0.4 is 0 Å². The van der Waals surface area contributed by atoms with Crippen LogP contribution in [0.25, 0.3) is 10.8 Å². The summed E-state index contributed by atoms with van der Waals surface area (Å²) in [4.78, 5) is 1.38. The molecule has 0 nitrogen and oxygen atoms in total. The molecule has 0 aliphatic heterocycles. The second kappa shape index (κ2) is 2.60. The maximum Gasteiger partial charge on any atom is 0.0530 e. The van der Waals surface area contributed by atoms with Gasteiger partial charge in [-0.05, 0) is 37.8 Å². The van der Waals surface area contributed by atoms with Crippen LogP contribution in [0.2, 0.25) is 0 Å². The summed E-state index contributed by atoms with van der Waals surface area (Å²) in [5.41, 5.74) is 2.70. The highest BCUT2D eigenvalue weighted by Gasteiger charge is 2.03. The summed E-state index contributed by atoms with van der Waals surface area (Å²) in [5.74, 6) is 0. The van der Waals surface area contributed by atoms with Crippen LogP contribution in [0.15, 0.2) is 12.1 Å². The third-order valence-corrected chi connectivity index (χ3v) is 2.98. The fourth-order valence-corrected chi connectivity index (χ4v) is 2.50. The minimum Gasteiger partial charge on any atom is -0.138 e. The van der Waals surface area contributed by atoms with E-state index in [4.69, 9.17) is 0 Å². The zero-order valence-corrected chi connectivity index (χ0v) is 8.38. The standard InChI is InChI=1S/C11H11S/c1-7-4-8(2)11-9(3)12-6-10(11)5-7/h4-5H,1-3H3. The summed E-state index contributed by atoms with van der Waals surface area (Å²) in [6.45, 7) is 6.46. The van der Waals surface area contributed by atoms with Gasteiger partial charge < -0.3 is 0 Å². The van der Waals surface area contributed by atoms with Gasteiger partial charge >= 0.3 is 0 Å². The molecule has 1 aromatic carbocycles. The van der Waals surface area contributed by atoms with Crippen LogP contribution >= 0.6 is 11.3 Å². The van der Waals surface area contributed by atoms with Crippen molar-refractivity contribution in [1.29, 1.82) is 0 Å². The molecule has 61 valence electrons. The molecular formula is C11H11S. The van der Waals surface area contributed by atoms with Gasteiger partial charge in [0.2, 0.25) is 0 Å². The van der Waals surface area contributed by atoms with Gasteiger partial charge in [0.05, 0.1) is 5.38 Å². The number of aryl methyl sites for hydroxylation is 3. The van der Waals surface area contributed by atoms with Crippen molar-refractivity contribution >= 4 is 22.1 Å². The van der Waals surface area contributed by atoms with Gasteiger partial charge in [-0.15, -0.1) is 11.3 Å². The summed E-state index contributed by atoms with van der Waals surface area (Å²) in [6, 6.07) is 4.43. The van der Waals surface area contributed by atoms with Gasteiger partial charge in [0, 0.05) is 10.3 Å². The van der Waals surface area contributed by atoms with Crippen molar-refractivity contribution in [1.82, 2.24) is 0 Å². The lowest BCUT2D eigenvalue weighted by Crippen LogP contribution is -1.78. The van der Waals surface area contributed by atoms with Crippen LogP contribution in [0.5, 0.6) is 0 Å². The first-order chi connectivity index (χ1) is 5.68. The molecule has 0 N–H and O–H groups in total. The van der Waals surface area contributed by atoms with Gasteiger partial charge in [-0.3, -0.25) is 0 Å². The van der Waals surface area contributed by atoms with Crippen LogP contribution in [0.4, 0.5) is 0 Å². The lowest BCUT2D eigenvalue weighted by Gasteiger charge is -1.99. The molecule has 0 saturated carbocycles. The lowest BCUT2D eigenvalue weighted by molar-refractivity contribution is 1.43. The molecule has 1 aromatic heterocycles. The topological polar surface area (TPSA) is 0 Å². The first-order valence-corrected chi connectivity index (χ1v) is 4.88. The molecule has 1 heteroatoms. The maximum absolute atomic E-state index is 3.31. The Bertz CT molecular complexity index is 424. The van der Waals surface area contributed by atoms with Crippen molar-refractivity contribution in [3.63, 3.8) is 0 Å². The average molecular weight is 175 g/mol. The summed E-state index contributed by atoms with van der Waals surface area (Å²) in [7, 11) is 0. The minimum atomic E-state index is 1.27. The van der Waals surface area contributed by atoms with Crippen molar-refractivity contribution in [2.45, 2.75) is 20.8 Å². The fraction of sp³-hybridized carbons (Fsp3) is 0.273. The molecule has 0 aliphatic rings. The molecule has 0 spiro atoms. The van der Waals surface area contributed by atoms with Gasteiger partial charge in [0.25, 0.3) is 0 Å². The van der Waals surface area contributed by atoms with E-state index in [0.717, 1.165) is 0 Å². The molecule has 2 aromatic rings. The Morgan fingerprint density at radius 3 is 2.67 bits per heavy atom. The Morgan fingerprint density at radius 1 is 1.17 bits per heavy atom. The van der Waals surface area contributed by atoms with Crippen LogP contribution in [0.3, 0.4) is 0 Å². The van der Waals surface area contributed by atoms with E-state index in [2.05, 4.69) is 38.3 Å². The predicted octanol–water partition coefficient (Wildman–Crippen LogP) is 3.63. The molecule has 2 rings (SSSR count). The van der Waals surface area contributed by atoms with Gasteiger partial charge in [-0.25, -0.2) is 0 Å². The molecule has 1 heterocycles. The van der Waals surface area contributed by atoms with E-state index in [1.54, 1.807) is 11.3 Å². The molecule has 0 aliphatic carbocycles. The Labute approximate surface area is 76.8 Å².